The number of likely N-dealkylation sites (N-methyl/N-ethyl adjacent to an activating group) is 1. The van der Waals surface area contributed by atoms with Gasteiger partial charge in [-0.25, -0.2) is 0 Å². The highest BCUT2D eigenvalue weighted by Crippen LogP contribution is 2.38. The van der Waals surface area contributed by atoms with Gasteiger partial charge in [-0.3, -0.25) is 9.36 Å². The molecule has 0 rings (SSSR count). The standard InChI is InChI=1S/C15H32NO9P/c1-16(2,3)9-10-23-26(19,20)24-12-13(11-17)25-14(18)7-6-8-15(21-4)22-5/h13,15,17H,6-12H2,1-5H3/t13-/m1/s1. The van der Waals surface area contributed by atoms with Crippen molar-refractivity contribution in [3.05, 3.63) is 0 Å². The van der Waals surface area contributed by atoms with E-state index in [4.69, 9.17) is 18.7 Å². The minimum Gasteiger partial charge on any atom is -0.756 e. The number of hydrogen-bond acceptors (Lipinski definition) is 9. The van der Waals surface area contributed by atoms with Gasteiger partial charge in [0.05, 0.1) is 34.4 Å². The Morgan fingerprint density at radius 3 is 2.31 bits per heavy atom. The van der Waals surface area contributed by atoms with Gasteiger partial charge in [0.1, 0.15) is 19.3 Å². The summed E-state index contributed by atoms with van der Waals surface area (Å²) in [6, 6.07) is 0. The Balaban J connectivity index is 4.16. The average molecular weight is 401 g/mol. The van der Waals surface area contributed by atoms with Crippen LogP contribution in [-0.4, -0.2) is 89.7 Å². The van der Waals surface area contributed by atoms with Gasteiger partial charge < -0.3 is 37.7 Å². The fourth-order valence-corrected chi connectivity index (χ4v) is 2.48. The van der Waals surface area contributed by atoms with Crippen LogP contribution in [0.1, 0.15) is 19.3 Å². The van der Waals surface area contributed by atoms with E-state index in [1.165, 1.54) is 14.2 Å². The lowest BCUT2D eigenvalue weighted by Crippen LogP contribution is -2.37. The number of aliphatic hydroxyl groups is 1. The van der Waals surface area contributed by atoms with E-state index >= 15 is 0 Å². The summed E-state index contributed by atoms with van der Waals surface area (Å²) in [4.78, 5) is 23.4. The second-order valence-electron chi connectivity index (χ2n) is 6.68. The van der Waals surface area contributed by atoms with Gasteiger partial charge in [0, 0.05) is 20.6 Å². The minimum atomic E-state index is -4.53. The van der Waals surface area contributed by atoms with Crippen LogP contribution in [0.25, 0.3) is 0 Å². The van der Waals surface area contributed by atoms with E-state index in [9.17, 15) is 19.4 Å². The van der Waals surface area contributed by atoms with Crippen LogP contribution < -0.4 is 4.89 Å². The van der Waals surface area contributed by atoms with Crippen molar-refractivity contribution in [1.29, 1.82) is 0 Å². The normalized spacial score (nSPS) is 15.7. The summed E-state index contributed by atoms with van der Waals surface area (Å²) in [5, 5.41) is 9.21. The molecule has 0 aromatic rings. The second kappa shape index (κ2) is 12.7. The van der Waals surface area contributed by atoms with Gasteiger partial charge in [0.25, 0.3) is 7.82 Å². The molecule has 10 nitrogen and oxygen atoms in total. The first-order valence-corrected chi connectivity index (χ1v) is 9.75. The zero-order chi connectivity index (χ0) is 20.2. The fraction of sp³-hybridized carbons (Fsp3) is 0.933. The number of nitrogens with zero attached hydrogens (tertiary/aromatic N) is 1. The number of phosphoric ester groups is 1. The van der Waals surface area contributed by atoms with Crippen LogP contribution in [0.3, 0.4) is 0 Å². The summed E-state index contributed by atoms with van der Waals surface area (Å²) in [5.41, 5.74) is 0. The van der Waals surface area contributed by atoms with Crippen molar-refractivity contribution in [2.75, 3.05) is 61.7 Å². The van der Waals surface area contributed by atoms with Crippen LogP contribution in [-0.2, 0) is 32.6 Å². The first-order valence-electron chi connectivity index (χ1n) is 8.29. The molecule has 156 valence electrons. The van der Waals surface area contributed by atoms with E-state index in [1.807, 2.05) is 21.1 Å². The van der Waals surface area contributed by atoms with Gasteiger partial charge >= 0.3 is 5.97 Å². The quantitative estimate of drug-likeness (QED) is 0.173. The summed E-state index contributed by atoms with van der Waals surface area (Å²) in [6.07, 6.45) is -0.465. The molecule has 26 heavy (non-hydrogen) atoms. The summed E-state index contributed by atoms with van der Waals surface area (Å²) >= 11 is 0. The number of hydrogen-bond donors (Lipinski definition) is 1. The topological polar surface area (TPSA) is 124 Å². The van der Waals surface area contributed by atoms with Crippen molar-refractivity contribution in [1.82, 2.24) is 0 Å². The molecular weight excluding hydrogens is 369 g/mol. The van der Waals surface area contributed by atoms with Gasteiger partial charge in [0.2, 0.25) is 0 Å². The third kappa shape index (κ3) is 13.6. The van der Waals surface area contributed by atoms with Crippen LogP contribution in [0.2, 0.25) is 0 Å². The zero-order valence-corrected chi connectivity index (χ0v) is 17.1. The van der Waals surface area contributed by atoms with Crippen LogP contribution in [0, 0.1) is 0 Å². The maximum atomic E-state index is 11.7. The van der Waals surface area contributed by atoms with Gasteiger partial charge in [0.15, 0.2) is 6.29 Å². The number of carbonyl (C=O) groups is 1. The van der Waals surface area contributed by atoms with Crippen molar-refractivity contribution < 1.29 is 47.1 Å². The molecule has 0 heterocycles. The molecule has 0 spiro atoms. The van der Waals surface area contributed by atoms with Gasteiger partial charge in [-0.15, -0.1) is 0 Å². The van der Waals surface area contributed by atoms with Crippen molar-refractivity contribution in [2.45, 2.75) is 31.7 Å². The van der Waals surface area contributed by atoms with Gasteiger partial charge in [-0.05, 0) is 12.8 Å². The zero-order valence-electron chi connectivity index (χ0n) is 16.2. The monoisotopic (exact) mass is 401 g/mol. The van der Waals surface area contributed by atoms with E-state index in [-0.39, 0.29) is 13.0 Å². The van der Waals surface area contributed by atoms with Crippen molar-refractivity contribution in [3.63, 3.8) is 0 Å². The van der Waals surface area contributed by atoms with E-state index in [0.29, 0.717) is 23.9 Å². The van der Waals surface area contributed by atoms with Crippen molar-refractivity contribution in [2.24, 2.45) is 0 Å². The predicted molar refractivity (Wildman–Crippen MR) is 91.0 cm³/mol. The van der Waals surface area contributed by atoms with E-state index in [2.05, 4.69) is 4.52 Å². The Morgan fingerprint density at radius 1 is 1.19 bits per heavy atom. The molecule has 0 aliphatic heterocycles. The molecule has 0 radical (unpaired) electrons. The number of rotatable bonds is 15. The average Bonchev–Trinajstić information content (AvgIpc) is 2.54. The maximum absolute atomic E-state index is 11.7. The summed E-state index contributed by atoms with van der Waals surface area (Å²) in [7, 11) is 4.14. The fourth-order valence-electron chi connectivity index (χ4n) is 1.75. The molecule has 1 unspecified atom stereocenters. The SMILES string of the molecule is COC(CCCC(=O)O[C@H](CO)COP(=O)([O-])OCC[N+](C)(C)C)OC. The Kier molecular flexibility index (Phi) is 12.5. The number of esters is 1. The lowest BCUT2D eigenvalue weighted by molar-refractivity contribution is -0.870. The Bertz CT molecular complexity index is 437. The van der Waals surface area contributed by atoms with Crippen molar-refractivity contribution in [3.8, 4) is 0 Å². The number of phosphoric acid groups is 1. The Morgan fingerprint density at radius 2 is 1.81 bits per heavy atom. The molecule has 0 fully saturated rings. The lowest BCUT2D eigenvalue weighted by atomic mass is 10.2. The number of quaternary nitrogens is 1. The molecule has 0 aromatic carbocycles. The van der Waals surface area contributed by atoms with Crippen LogP contribution >= 0.6 is 7.82 Å². The third-order valence-corrected chi connectivity index (χ3v) is 4.24. The van der Waals surface area contributed by atoms with Crippen LogP contribution in [0.5, 0.6) is 0 Å². The summed E-state index contributed by atoms with van der Waals surface area (Å²) in [6.45, 7) is -0.637. The maximum Gasteiger partial charge on any atom is 0.306 e. The summed E-state index contributed by atoms with van der Waals surface area (Å²) in [5.74, 6) is -0.578. The molecular formula is C15H32NO9P. The largest absolute Gasteiger partial charge is 0.756 e. The highest BCUT2D eigenvalue weighted by molar-refractivity contribution is 7.45. The summed E-state index contributed by atoms with van der Waals surface area (Å²) < 4.78 is 36.6. The smallest absolute Gasteiger partial charge is 0.306 e. The molecule has 0 saturated carbocycles. The number of ether oxygens (including phenoxy) is 3. The molecule has 0 amide bonds. The Hall–Kier alpha value is -0.580. The number of methoxy groups -OCH3 is 2. The van der Waals surface area contributed by atoms with Crippen molar-refractivity contribution >= 4 is 13.8 Å². The molecule has 0 aliphatic carbocycles. The predicted octanol–water partition coefficient (Wildman–Crippen LogP) is -0.112. The highest BCUT2D eigenvalue weighted by Gasteiger charge is 2.19. The highest BCUT2D eigenvalue weighted by atomic mass is 31.2. The number of aliphatic hydroxyl groups excluding tert-OH is 1. The van der Waals surface area contributed by atoms with E-state index < -0.39 is 39.4 Å². The first-order chi connectivity index (χ1) is 12.0. The lowest BCUT2D eigenvalue weighted by Gasteiger charge is -2.28. The molecule has 1 N–H and O–H groups in total. The number of carbonyl (C=O) groups excluding carboxylic acids is 1. The molecule has 0 aromatic heterocycles. The molecule has 0 saturated heterocycles. The van der Waals surface area contributed by atoms with E-state index in [0.717, 1.165) is 0 Å². The van der Waals surface area contributed by atoms with Gasteiger partial charge in [-0.1, -0.05) is 0 Å². The van der Waals surface area contributed by atoms with Crippen LogP contribution in [0.15, 0.2) is 0 Å². The molecule has 11 heteroatoms. The Labute approximate surface area is 155 Å². The van der Waals surface area contributed by atoms with Crippen LogP contribution in [0.4, 0.5) is 0 Å². The molecule has 2 atom stereocenters. The minimum absolute atomic E-state index is 0.0337. The van der Waals surface area contributed by atoms with Gasteiger partial charge in [-0.2, -0.15) is 0 Å². The third-order valence-electron chi connectivity index (χ3n) is 3.28. The molecule has 0 bridgehead atoms. The first kappa shape index (κ1) is 25.4. The molecule has 0 aliphatic rings. The second-order valence-corrected chi connectivity index (χ2v) is 8.09. The van der Waals surface area contributed by atoms with E-state index in [1.54, 1.807) is 0 Å².